The highest BCUT2D eigenvalue weighted by Gasteiger charge is 2.03. The third-order valence-corrected chi connectivity index (χ3v) is 3.23. The molecule has 0 aliphatic carbocycles. The summed E-state index contributed by atoms with van der Waals surface area (Å²) >= 11 is 0. The van der Waals surface area contributed by atoms with Gasteiger partial charge in [0.1, 0.15) is 5.75 Å². The van der Waals surface area contributed by atoms with Gasteiger partial charge in [0.25, 0.3) is 0 Å². The lowest BCUT2D eigenvalue weighted by molar-refractivity contribution is 0.300. The van der Waals surface area contributed by atoms with E-state index < -0.39 is 0 Å². The highest BCUT2D eigenvalue weighted by atomic mass is 16.5. The standard InChI is InChI=1S/C17H30N2O/c1-4-5-6-7-8-11-20-17-9-10-18-13-16(17)14-19-12-15(2)3/h9-10,13,15,19H,4-8,11-12,14H2,1-3H3. The summed E-state index contributed by atoms with van der Waals surface area (Å²) in [5.41, 5.74) is 1.15. The van der Waals surface area contributed by atoms with E-state index in [9.17, 15) is 0 Å². The van der Waals surface area contributed by atoms with Gasteiger partial charge in [-0.25, -0.2) is 0 Å². The fraction of sp³-hybridized carbons (Fsp3) is 0.706. The highest BCUT2D eigenvalue weighted by molar-refractivity contribution is 5.29. The van der Waals surface area contributed by atoms with Gasteiger partial charge in [0.2, 0.25) is 0 Å². The normalized spacial score (nSPS) is 11.0. The number of hydrogen-bond donors (Lipinski definition) is 1. The van der Waals surface area contributed by atoms with Crippen LogP contribution in [0.3, 0.4) is 0 Å². The van der Waals surface area contributed by atoms with Gasteiger partial charge in [-0.1, -0.05) is 46.5 Å². The van der Waals surface area contributed by atoms with Crippen molar-refractivity contribution in [2.45, 2.75) is 59.4 Å². The van der Waals surface area contributed by atoms with Crippen molar-refractivity contribution in [3.63, 3.8) is 0 Å². The quantitative estimate of drug-likeness (QED) is 0.617. The molecular weight excluding hydrogens is 248 g/mol. The Labute approximate surface area is 124 Å². The second kappa shape index (κ2) is 10.7. The van der Waals surface area contributed by atoms with Crippen LogP contribution in [-0.4, -0.2) is 18.1 Å². The van der Waals surface area contributed by atoms with Gasteiger partial charge >= 0.3 is 0 Å². The second-order valence-corrected chi connectivity index (χ2v) is 5.77. The molecule has 0 amide bonds. The predicted molar refractivity (Wildman–Crippen MR) is 85.0 cm³/mol. The number of ether oxygens (including phenoxy) is 1. The maximum Gasteiger partial charge on any atom is 0.126 e. The van der Waals surface area contributed by atoms with Gasteiger partial charge in [0, 0.05) is 24.5 Å². The van der Waals surface area contributed by atoms with Crippen LogP contribution in [0, 0.1) is 5.92 Å². The number of unbranched alkanes of at least 4 members (excludes halogenated alkanes) is 4. The van der Waals surface area contributed by atoms with Gasteiger partial charge in [-0.2, -0.15) is 0 Å². The third-order valence-electron chi connectivity index (χ3n) is 3.23. The van der Waals surface area contributed by atoms with Crippen molar-refractivity contribution in [2.75, 3.05) is 13.2 Å². The van der Waals surface area contributed by atoms with E-state index in [0.29, 0.717) is 5.92 Å². The molecule has 20 heavy (non-hydrogen) atoms. The molecule has 1 heterocycles. The van der Waals surface area contributed by atoms with E-state index in [1.54, 1.807) is 6.20 Å². The molecule has 3 heteroatoms. The first-order valence-corrected chi connectivity index (χ1v) is 8.00. The summed E-state index contributed by atoms with van der Waals surface area (Å²) in [7, 11) is 0. The molecule has 0 radical (unpaired) electrons. The lowest BCUT2D eigenvalue weighted by atomic mass is 10.2. The summed E-state index contributed by atoms with van der Waals surface area (Å²) in [5.74, 6) is 1.64. The van der Waals surface area contributed by atoms with Crippen molar-refractivity contribution in [3.05, 3.63) is 24.0 Å². The lowest BCUT2D eigenvalue weighted by Crippen LogP contribution is -2.19. The Balaban J connectivity index is 2.29. The largest absolute Gasteiger partial charge is 0.493 e. The minimum Gasteiger partial charge on any atom is -0.493 e. The van der Waals surface area contributed by atoms with Crippen molar-refractivity contribution in [3.8, 4) is 5.75 Å². The molecule has 0 unspecified atom stereocenters. The van der Waals surface area contributed by atoms with Crippen molar-refractivity contribution in [1.29, 1.82) is 0 Å². The van der Waals surface area contributed by atoms with Crippen LogP contribution in [0.25, 0.3) is 0 Å². The van der Waals surface area contributed by atoms with E-state index in [-0.39, 0.29) is 0 Å². The molecule has 0 fully saturated rings. The summed E-state index contributed by atoms with van der Waals surface area (Å²) in [6, 6.07) is 1.97. The molecule has 0 bridgehead atoms. The van der Waals surface area contributed by atoms with Crippen LogP contribution in [0.1, 0.15) is 58.4 Å². The Morgan fingerprint density at radius 3 is 2.75 bits per heavy atom. The van der Waals surface area contributed by atoms with Crippen LogP contribution in [0.4, 0.5) is 0 Å². The minimum atomic E-state index is 0.662. The zero-order chi connectivity index (χ0) is 14.6. The molecule has 0 aliphatic heterocycles. The van der Waals surface area contributed by atoms with E-state index >= 15 is 0 Å². The fourth-order valence-electron chi connectivity index (χ4n) is 2.07. The molecule has 1 aromatic rings. The SMILES string of the molecule is CCCCCCCOc1ccncc1CNCC(C)C. The molecule has 0 saturated carbocycles. The Bertz CT molecular complexity index is 353. The molecule has 114 valence electrons. The average Bonchev–Trinajstić information content (AvgIpc) is 2.44. The summed E-state index contributed by atoms with van der Waals surface area (Å²) in [6.07, 6.45) is 10.1. The third kappa shape index (κ3) is 7.49. The first kappa shape index (κ1) is 17.0. The summed E-state index contributed by atoms with van der Waals surface area (Å²) < 4.78 is 5.89. The molecule has 0 spiro atoms. The van der Waals surface area contributed by atoms with Crippen LogP contribution < -0.4 is 10.1 Å². The maximum absolute atomic E-state index is 5.89. The topological polar surface area (TPSA) is 34.1 Å². The molecule has 1 rings (SSSR count). The van der Waals surface area contributed by atoms with Gasteiger partial charge in [-0.15, -0.1) is 0 Å². The lowest BCUT2D eigenvalue weighted by Gasteiger charge is -2.12. The Hall–Kier alpha value is -1.09. The Kier molecular flexibility index (Phi) is 9.05. The molecular formula is C17H30N2O. The van der Waals surface area contributed by atoms with Crippen LogP contribution >= 0.6 is 0 Å². The number of nitrogens with one attached hydrogen (secondary N) is 1. The first-order valence-electron chi connectivity index (χ1n) is 8.00. The molecule has 0 aromatic carbocycles. The maximum atomic E-state index is 5.89. The molecule has 0 atom stereocenters. The van der Waals surface area contributed by atoms with Gasteiger partial charge in [-0.05, 0) is 24.9 Å². The van der Waals surface area contributed by atoms with Gasteiger partial charge in [0.15, 0.2) is 0 Å². The van der Waals surface area contributed by atoms with E-state index in [1.165, 1.54) is 25.7 Å². The zero-order valence-electron chi connectivity index (χ0n) is 13.3. The van der Waals surface area contributed by atoms with Crippen LogP contribution in [0.5, 0.6) is 5.75 Å². The molecule has 3 nitrogen and oxygen atoms in total. The Morgan fingerprint density at radius 2 is 2.00 bits per heavy atom. The average molecular weight is 278 g/mol. The van der Waals surface area contributed by atoms with E-state index in [2.05, 4.69) is 31.1 Å². The van der Waals surface area contributed by atoms with Crippen LogP contribution in [0.15, 0.2) is 18.5 Å². The molecule has 1 aromatic heterocycles. The predicted octanol–water partition coefficient (Wildman–Crippen LogP) is 4.18. The number of hydrogen-bond acceptors (Lipinski definition) is 3. The number of rotatable bonds is 11. The molecule has 0 aliphatic rings. The van der Waals surface area contributed by atoms with Crippen LogP contribution in [0.2, 0.25) is 0 Å². The fourth-order valence-corrected chi connectivity index (χ4v) is 2.07. The van der Waals surface area contributed by atoms with E-state index in [1.807, 2.05) is 12.3 Å². The summed E-state index contributed by atoms with van der Waals surface area (Å²) in [4.78, 5) is 4.19. The first-order chi connectivity index (χ1) is 9.74. The minimum absolute atomic E-state index is 0.662. The van der Waals surface area contributed by atoms with Gasteiger partial charge < -0.3 is 10.1 Å². The van der Waals surface area contributed by atoms with Crippen molar-refractivity contribution < 1.29 is 4.74 Å². The highest BCUT2D eigenvalue weighted by Crippen LogP contribution is 2.17. The molecule has 1 N–H and O–H groups in total. The molecule has 0 saturated heterocycles. The van der Waals surface area contributed by atoms with E-state index in [4.69, 9.17) is 4.74 Å². The number of aromatic nitrogens is 1. The van der Waals surface area contributed by atoms with Crippen molar-refractivity contribution >= 4 is 0 Å². The van der Waals surface area contributed by atoms with Gasteiger partial charge in [0.05, 0.1) is 6.61 Å². The van der Waals surface area contributed by atoms with Gasteiger partial charge in [-0.3, -0.25) is 4.98 Å². The van der Waals surface area contributed by atoms with Crippen molar-refractivity contribution in [1.82, 2.24) is 10.3 Å². The summed E-state index contributed by atoms with van der Waals surface area (Å²) in [5, 5.41) is 3.44. The Morgan fingerprint density at radius 1 is 1.20 bits per heavy atom. The van der Waals surface area contributed by atoms with Crippen molar-refractivity contribution in [2.24, 2.45) is 5.92 Å². The zero-order valence-corrected chi connectivity index (χ0v) is 13.3. The number of nitrogens with zero attached hydrogens (tertiary/aromatic N) is 1. The smallest absolute Gasteiger partial charge is 0.126 e. The number of pyridine rings is 1. The van der Waals surface area contributed by atoms with E-state index in [0.717, 1.165) is 37.4 Å². The van der Waals surface area contributed by atoms with Crippen LogP contribution in [-0.2, 0) is 6.54 Å². The summed E-state index contributed by atoms with van der Waals surface area (Å²) in [6.45, 7) is 9.32. The second-order valence-electron chi connectivity index (χ2n) is 5.77. The monoisotopic (exact) mass is 278 g/mol.